The van der Waals surface area contributed by atoms with Crippen LogP contribution in [0.2, 0.25) is 0 Å². The van der Waals surface area contributed by atoms with Gasteiger partial charge in [0.15, 0.2) is 0 Å². The number of hydrogen-bond donors (Lipinski definition) is 2. The maximum atomic E-state index is 11.9. The maximum absolute atomic E-state index is 11.9. The van der Waals surface area contributed by atoms with Gasteiger partial charge in [-0.15, -0.1) is 0 Å². The number of hydrogen-bond acceptors (Lipinski definition) is 3. The topological polar surface area (TPSA) is 64.3 Å². The van der Waals surface area contributed by atoms with E-state index >= 15 is 0 Å². The highest BCUT2D eigenvalue weighted by atomic mass is 32.1. The van der Waals surface area contributed by atoms with E-state index in [9.17, 15) is 4.79 Å². The maximum Gasteiger partial charge on any atom is 0.251 e. The lowest BCUT2D eigenvalue weighted by molar-refractivity contribution is 0.0941. The summed E-state index contributed by atoms with van der Waals surface area (Å²) in [6.45, 7) is 1.86. The predicted molar refractivity (Wildman–Crippen MR) is 71.3 cm³/mol. The standard InChI is InChI=1S/C12H16N2O2S/c1-8(6-11(13)17)14-12(15)9-4-3-5-10(7-9)16-2/h3-5,7-8H,6H2,1-2H3,(H2,13,17)(H,14,15). The van der Waals surface area contributed by atoms with Gasteiger partial charge in [0, 0.05) is 18.0 Å². The molecule has 1 aromatic rings. The van der Waals surface area contributed by atoms with Crippen molar-refractivity contribution in [2.45, 2.75) is 19.4 Å². The van der Waals surface area contributed by atoms with Gasteiger partial charge in [-0.2, -0.15) is 0 Å². The third-order valence-electron chi connectivity index (χ3n) is 2.22. The molecule has 0 aromatic heterocycles. The minimum absolute atomic E-state index is 0.0776. The Morgan fingerprint density at radius 3 is 2.88 bits per heavy atom. The molecule has 0 bridgehead atoms. The number of ether oxygens (including phenoxy) is 1. The Morgan fingerprint density at radius 2 is 2.29 bits per heavy atom. The zero-order chi connectivity index (χ0) is 12.8. The summed E-state index contributed by atoms with van der Waals surface area (Å²) in [5.74, 6) is 0.493. The van der Waals surface area contributed by atoms with Crippen LogP contribution in [-0.4, -0.2) is 24.0 Å². The molecular formula is C12H16N2O2S. The highest BCUT2D eigenvalue weighted by molar-refractivity contribution is 7.80. The molecule has 0 heterocycles. The fourth-order valence-corrected chi connectivity index (χ4v) is 1.67. The second-order valence-corrected chi connectivity index (χ2v) is 4.30. The summed E-state index contributed by atoms with van der Waals surface area (Å²) in [6.07, 6.45) is 0.491. The van der Waals surface area contributed by atoms with Crippen molar-refractivity contribution in [3.05, 3.63) is 29.8 Å². The zero-order valence-electron chi connectivity index (χ0n) is 9.90. The summed E-state index contributed by atoms with van der Waals surface area (Å²) < 4.78 is 5.05. The van der Waals surface area contributed by atoms with Crippen LogP contribution in [0.4, 0.5) is 0 Å². The molecule has 0 aliphatic rings. The van der Waals surface area contributed by atoms with Gasteiger partial charge in [-0.1, -0.05) is 18.3 Å². The van der Waals surface area contributed by atoms with Crippen molar-refractivity contribution in [2.75, 3.05) is 7.11 Å². The molecule has 1 unspecified atom stereocenters. The van der Waals surface area contributed by atoms with Crippen LogP contribution in [0.25, 0.3) is 0 Å². The third kappa shape index (κ3) is 4.40. The highest BCUT2D eigenvalue weighted by Crippen LogP contribution is 2.12. The Balaban J connectivity index is 2.66. The van der Waals surface area contributed by atoms with Gasteiger partial charge >= 0.3 is 0 Å². The molecule has 0 aliphatic heterocycles. The minimum atomic E-state index is -0.160. The van der Waals surface area contributed by atoms with E-state index in [1.807, 2.05) is 6.92 Å². The van der Waals surface area contributed by atoms with Crippen molar-refractivity contribution in [3.63, 3.8) is 0 Å². The van der Waals surface area contributed by atoms with E-state index in [2.05, 4.69) is 5.32 Å². The van der Waals surface area contributed by atoms with Gasteiger partial charge in [0.25, 0.3) is 5.91 Å². The van der Waals surface area contributed by atoms with Gasteiger partial charge in [-0.25, -0.2) is 0 Å². The van der Waals surface area contributed by atoms with Crippen molar-refractivity contribution in [3.8, 4) is 5.75 Å². The van der Waals surface area contributed by atoms with E-state index in [0.717, 1.165) is 0 Å². The molecule has 92 valence electrons. The van der Waals surface area contributed by atoms with Gasteiger partial charge in [0.1, 0.15) is 5.75 Å². The van der Waals surface area contributed by atoms with Crippen molar-refractivity contribution in [1.82, 2.24) is 5.32 Å². The Kier molecular flexibility index (Phi) is 4.90. The summed E-state index contributed by atoms with van der Waals surface area (Å²) >= 11 is 4.79. The summed E-state index contributed by atoms with van der Waals surface area (Å²) in [5.41, 5.74) is 5.97. The lowest BCUT2D eigenvalue weighted by atomic mass is 10.1. The van der Waals surface area contributed by atoms with E-state index in [0.29, 0.717) is 22.7 Å². The Hall–Kier alpha value is -1.62. The molecule has 0 fully saturated rings. The number of nitrogens with two attached hydrogens (primary N) is 1. The molecule has 5 heteroatoms. The van der Waals surface area contributed by atoms with Gasteiger partial charge in [-0.05, 0) is 25.1 Å². The number of methoxy groups -OCH3 is 1. The van der Waals surface area contributed by atoms with Crippen LogP contribution in [0.15, 0.2) is 24.3 Å². The Bertz CT molecular complexity index is 421. The molecule has 0 saturated heterocycles. The van der Waals surface area contributed by atoms with Gasteiger partial charge in [0.05, 0.1) is 12.1 Å². The molecule has 3 N–H and O–H groups in total. The SMILES string of the molecule is COc1cccc(C(=O)NC(C)CC(N)=S)c1. The van der Waals surface area contributed by atoms with E-state index in [1.165, 1.54) is 0 Å². The predicted octanol–water partition coefficient (Wildman–Crippen LogP) is 1.49. The second-order valence-electron chi connectivity index (χ2n) is 3.78. The fourth-order valence-electron chi connectivity index (χ4n) is 1.42. The minimum Gasteiger partial charge on any atom is -0.497 e. The molecule has 1 aromatic carbocycles. The van der Waals surface area contributed by atoms with E-state index in [4.69, 9.17) is 22.7 Å². The lowest BCUT2D eigenvalue weighted by Gasteiger charge is -2.13. The lowest BCUT2D eigenvalue weighted by Crippen LogP contribution is -2.35. The summed E-state index contributed by atoms with van der Waals surface area (Å²) in [5, 5.41) is 2.82. The number of thiocarbonyl (C=S) groups is 1. The smallest absolute Gasteiger partial charge is 0.251 e. The summed E-state index contributed by atoms with van der Waals surface area (Å²) in [7, 11) is 1.56. The monoisotopic (exact) mass is 252 g/mol. The molecule has 1 amide bonds. The Morgan fingerprint density at radius 1 is 1.59 bits per heavy atom. The number of carbonyl (C=O) groups excluding carboxylic acids is 1. The zero-order valence-corrected chi connectivity index (χ0v) is 10.7. The van der Waals surface area contributed by atoms with Crippen LogP contribution in [0.3, 0.4) is 0 Å². The number of nitrogens with one attached hydrogen (secondary N) is 1. The number of carbonyl (C=O) groups is 1. The molecule has 0 radical (unpaired) electrons. The molecule has 0 spiro atoms. The van der Waals surface area contributed by atoms with Crippen molar-refractivity contribution in [1.29, 1.82) is 0 Å². The van der Waals surface area contributed by atoms with Crippen LogP contribution in [0.1, 0.15) is 23.7 Å². The van der Waals surface area contributed by atoms with Gasteiger partial charge in [-0.3, -0.25) is 4.79 Å². The van der Waals surface area contributed by atoms with Crippen LogP contribution < -0.4 is 15.8 Å². The molecule has 0 saturated carbocycles. The van der Waals surface area contributed by atoms with Crippen LogP contribution in [0, 0.1) is 0 Å². The third-order valence-corrected chi connectivity index (χ3v) is 2.38. The second kappa shape index (κ2) is 6.20. The van der Waals surface area contributed by atoms with Gasteiger partial charge in [0.2, 0.25) is 0 Å². The van der Waals surface area contributed by atoms with Crippen molar-refractivity contribution >= 4 is 23.1 Å². The van der Waals surface area contributed by atoms with Crippen molar-refractivity contribution < 1.29 is 9.53 Å². The van der Waals surface area contributed by atoms with E-state index < -0.39 is 0 Å². The number of amides is 1. The van der Waals surface area contributed by atoms with E-state index in [-0.39, 0.29) is 11.9 Å². The first-order valence-electron chi connectivity index (χ1n) is 5.26. The largest absolute Gasteiger partial charge is 0.497 e. The molecule has 4 nitrogen and oxygen atoms in total. The first-order chi connectivity index (χ1) is 8.02. The molecule has 0 aliphatic carbocycles. The van der Waals surface area contributed by atoms with E-state index in [1.54, 1.807) is 31.4 Å². The molecule has 1 atom stereocenters. The number of rotatable bonds is 5. The van der Waals surface area contributed by atoms with Gasteiger partial charge < -0.3 is 15.8 Å². The van der Waals surface area contributed by atoms with Crippen LogP contribution >= 0.6 is 12.2 Å². The average molecular weight is 252 g/mol. The van der Waals surface area contributed by atoms with Crippen molar-refractivity contribution in [2.24, 2.45) is 5.73 Å². The Labute approximate surface area is 106 Å². The molecular weight excluding hydrogens is 236 g/mol. The molecule has 1 rings (SSSR count). The highest BCUT2D eigenvalue weighted by Gasteiger charge is 2.10. The summed E-state index contributed by atoms with van der Waals surface area (Å²) in [6, 6.07) is 6.89. The number of benzene rings is 1. The average Bonchev–Trinajstić information content (AvgIpc) is 2.27. The summed E-state index contributed by atoms with van der Waals surface area (Å²) in [4.78, 5) is 12.2. The first-order valence-corrected chi connectivity index (χ1v) is 5.67. The van der Waals surface area contributed by atoms with Crippen LogP contribution in [-0.2, 0) is 0 Å². The molecule has 17 heavy (non-hydrogen) atoms. The fraction of sp³-hybridized carbons (Fsp3) is 0.333. The normalized spacial score (nSPS) is 11.6. The van der Waals surface area contributed by atoms with Crippen LogP contribution in [0.5, 0.6) is 5.75 Å². The first kappa shape index (κ1) is 13.4. The quantitative estimate of drug-likeness (QED) is 0.779.